The molecule has 0 N–H and O–H groups in total. The van der Waals surface area contributed by atoms with E-state index in [1.807, 2.05) is 36.4 Å². The Hall–Kier alpha value is -3.31. The van der Waals surface area contributed by atoms with Crippen LogP contribution >= 0.6 is 0 Å². The Morgan fingerprint density at radius 2 is 1.42 bits per heavy atom. The third-order valence-corrected chi connectivity index (χ3v) is 8.47. The van der Waals surface area contributed by atoms with Crippen LogP contribution in [-0.4, -0.2) is 54.0 Å². The number of hydrogen-bond acceptors (Lipinski definition) is 3. The second kappa shape index (κ2) is 9.98. The number of methoxy groups -OCH3 is 1. The van der Waals surface area contributed by atoms with Crippen LogP contribution in [0.4, 0.5) is 4.79 Å². The van der Waals surface area contributed by atoms with Gasteiger partial charge in [0, 0.05) is 24.2 Å². The number of ether oxygens (including phenoxy) is 1. The minimum Gasteiger partial charge on any atom is -0.496 e. The van der Waals surface area contributed by atoms with E-state index in [1.165, 1.54) is 11.1 Å². The van der Waals surface area contributed by atoms with Gasteiger partial charge in [0.05, 0.1) is 19.2 Å². The maximum absolute atomic E-state index is 14.0. The summed E-state index contributed by atoms with van der Waals surface area (Å²) in [5.74, 6) is 0.838. The van der Waals surface area contributed by atoms with Crippen LogP contribution in [-0.2, 0) is 18.6 Å². The molecule has 2 amide bonds. The monoisotopic (exact) mass is 483 g/mol. The molecule has 188 valence electrons. The lowest BCUT2D eigenvalue weighted by molar-refractivity contribution is 0.0219. The van der Waals surface area contributed by atoms with Gasteiger partial charge in [0.25, 0.3) is 0 Å². The summed E-state index contributed by atoms with van der Waals surface area (Å²) >= 11 is 0. The van der Waals surface area contributed by atoms with Crippen molar-refractivity contribution in [2.45, 2.75) is 49.9 Å². The van der Waals surface area contributed by atoms with Crippen LogP contribution in [0.5, 0.6) is 5.75 Å². The molecule has 3 aromatic carbocycles. The minimum absolute atomic E-state index is 0.0154. The van der Waals surface area contributed by atoms with Gasteiger partial charge in [-0.05, 0) is 57.0 Å². The van der Waals surface area contributed by atoms with Crippen molar-refractivity contribution < 1.29 is 9.53 Å². The van der Waals surface area contributed by atoms with Crippen LogP contribution in [0.15, 0.2) is 84.9 Å². The van der Waals surface area contributed by atoms with E-state index in [1.54, 1.807) is 7.11 Å². The number of hydrogen-bond donors (Lipinski definition) is 0. The van der Waals surface area contributed by atoms with Crippen LogP contribution < -0.4 is 4.74 Å². The van der Waals surface area contributed by atoms with Gasteiger partial charge in [-0.15, -0.1) is 0 Å². The average molecular weight is 484 g/mol. The lowest BCUT2D eigenvalue weighted by atomic mass is 9.68. The molecule has 1 spiro atoms. The van der Waals surface area contributed by atoms with Crippen molar-refractivity contribution in [3.8, 4) is 5.75 Å². The number of rotatable bonds is 7. The normalized spacial score (nSPS) is 24.1. The van der Waals surface area contributed by atoms with Crippen molar-refractivity contribution in [2.24, 2.45) is 0 Å². The van der Waals surface area contributed by atoms with E-state index in [0.717, 1.165) is 43.5 Å². The smallest absolute Gasteiger partial charge is 0.321 e. The van der Waals surface area contributed by atoms with E-state index in [4.69, 9.17) is 4.74 Å². The lowest BCUT2D eigenvalue weighted by Gasteiger charge is -2.51. The fourth-order valence-electron chi connectivity index (χ4n) is 6.35. The standard InChI is InChI=1S/C31H37N3O2/c1-32(2)31(27-15-8-5-9-16-27)20-18-30(19-21-31)24-33(22-25-12-6-4-7-13-25)29(35)34(30)23-26-14-10-11-17-28(26)36-3/h4-17H,18-24H2,1-3H3/t30-,31+. The molecule has 0 radical (unpaired) electrons. The molecule has 1 aliphatic heterocycles. The van der Waals surface area contributed by atoms with Crippen molar-refractivity contribution in [2.75, 3.05) is 27.7 Å². The van der Waals surface area contributed by atoms with Crippen LogP contribution in [0.1, 0.15) is 42.4 Å². The summed E-state index contributed by atoms with van der Waals surface area (Å²) in [4.78, 5) is 20.5. The zero-order valence-electron chi connectivity index (χ0n) is 21.7. The number of carbonyl (C=O) groups excluding carboxylic acids is 1. The largest absolute Gasteiger partial charge is 0.496 e. The molecule has 1 saturated heterocycles. The molecule has 5 heteroatoms. The minimum atomic E-state index is -0.193. The third kappa shape index (κ3) is 4.37. The Bertz CT molecular complexity index is 1170. The molecule has 36 heavy (non-hydrogen) atoms. The van der Waals surface area contributed by atoms with Gasteiger partial charge >= 0.3 is 6.03 Å². The van der Waals surface area contributed by atoms with Crippen molar-refractivity contribution in [1.29, 1.82) is 0 Å². The fraction of sp³-hybridized carbons (Fsp3) is 0.387. The molecule has 2 aliphatic rings. The van der Waals surface area contributed by atoms with Gasteiger partial charge in [0.2, 0.25) is 0 Å². The first kappa shape index (κ1) is 24.4. The summed E-state index contributed by atoms with van der Waals surface area (Å²) in [5.41, 5.74) is 3.38. The van der Waals surface area contributed by atoms with Crippen LogP contribution in [0.25, 0.3) is 0 Å². The highest BCUT2D eigenvalue weighted by Gasteiger charge is 2.54. The Balaban J connectivity index is 1.47. The van der Waals surface area contributed by atoms with E-state index >= 15 is 0 Å². The Morgan fingerprint density at radius 1 is 0.806 bits per heavy atom. The van der Waals surface area contributed by atoms with Crippen molar-refractivity contribution in [3.05, 3.63) is 102 Å². The van der Waals surface area contributed by atoms with Gasteiger partial charge in [-0.3, -0.25) is 4.90 Å². The van der Waals surface area contributed by atoms with Crippen LogP contribution in [0.3, 0.4) is 0 Å². The van der Waals surface area contributed by atoms with Crippen LogP contribution in [0, 0.1) is 0 Å². The van der Waals surface area contributed by atoms with Crippen LogP contribution in [0.2, 0.25) is 0 Å². The van der Waals surface area contributed by atoms with E-state index in [2.05, 4.69) is 77.3 Å². The summed E-state index contributed by atoms with van der Waals surface area (Å²) in [7, 11) is 6.09. The maximum Gasteiger partial charge on any atom is 0.321 e. The molecule has 1 aliphatic carbocycles. The Morgan fingerprint density at radius 3 is 2.06 bits per heavy atom. The van der Waals surface area contributed by atoms with Crippen molar-refractivity contribution in [3.63, 3.8) is 0 Å². The van der Waals surface area contributed by atoms with Gasteiger partial charge in [0.1, 0.15) is 5.75 Å². The number of carbonyl (C=O) groups is 1. The van der Waals surface area contributed by atoms with E-state index in [0.29, 0.717) is 13.1 Å². The maximum atomic E-state index is 14.0. The molecule has 0 atom stereocenters. The molecule has 0 bridgehead atoms. The predicted octanol–water partition coefficient (Wildman–Crippen LogP) is 5.90. The quantitative estimate of drug-likeness (QED) is 0.420. The molecule has 0 aromatic heterocycles. The number of benzene rings is 3. The molecule has 5 nitrogen and oxygen atoms in total. The topological polar surface area (TPSA) is 36.0 Å². The van der Waals surface area contributed by atoms with Gasteiger partial charge in [-0.25, -0.2) is 4.79 Å². The van der Waals surface area contributed by atoms with Crippen molar-refractivity contribution >= 4 is 6.03 Å². The first-order valence-corrected chi connectivity index (χ1v) is 12.9. The number of para-hydroxylation sites is 1. The van der Waals surface area contributed by atoms with E-state index < -0.39 is 0 Å². The zero-order chi connectivity index (χ0) is 25.2. The summed E-state index contributed by atoms with van der Waals surface area (Å²) in [6.45, 7) is 1.96. The highest BCUT2D eigenvalue weighted by molar-refractivity contribution is 5.78. The summed E-state index contributed by atoms with van der Waals surface area (Å²) in [6.07, 6.45) is 3.95. The number of amides is 2. The Kier molecular flexibility index (Phi) is 6.76. The highest BCUT2D eigenvalue weighted by Crippen LogP contribution is 2.49. The molecule has 5 rings (SSSR count). The number of urea groups is 1. The average Bonchev–Trinajstić information content (AvgIpc) is 3.16. The van der Waals surface area contributed by atoms with Gasteiger partial charge < -0.3 is 14.5 Å². The molecule has 1 saturated carbocycles. The summed E-state index contributed by atoms with van der Waals surface area (Å²) in [6, 6.07) is 29.4. The Labute approximate surface area is 215 Å². The fourth-order valence-corrected chi connectivity index (χ4v) is 6.35. The molecule has 1 heterocycles. The van der Waals surface area contributed by atoms with E-state index in [9.17, 15) is 4.79 Å². The van der Waals surface area contributed by atoms with E-state index in [-0.39, 0.29) is 17.1 Å². The number of nitrogens with zero attached hydrogens (tertiary/aromatic N) is 3. The molecular formula is C31H37N3O2. The first-order valence-electron chi connectivity index (χ1n) is 12.9. The summed E-state index contributed by atoms with van der Waals surface area (Å²) in [5, 5.41) is 0. The first-order chi connectivity index (χ1) is 17.5. The third-order valence-electron chi connectivity index (χ3n) is 8.47. The molecule has 2 fully saturated rings. The van der Waals surface area contributed by atoms with Gasteiger partial charge in [-0.2, -0.15) is 0 Å². The SMILES string of the molecule is COc1ccccc1CN1C(=O)N(Cc2ccccc2)C[C@]12CC[C@](c1ccccc1)(N(C)C)CC2. The van der Waals surface area contributed by atoms with Gasteiger partial charge in [-0.1, -0.05) is 78.9 Å². The second-order valence-corrected chi connectivity index (χ2v) is 10.5. The summed E-state index contributed by atoms with van der Waals surface area (Å²) < 4.78 is 5.65. The molecule has 0 unspecified atom stereocenters. The van der Waals surface area contributed by atoms with Gasteiger partial charge in [0.15, 0.2) is 0 Å². The lowest BCUT2D eigenvalue weighted by Crippen LogP contribution is -2.55. The molecular weight excluding hydrogens is 446 g/mol. The highest BCUT2D eigenvalue weighted by atomic mass is 16.5. The molecule has 3 aromatic rings. The zero-order valence-corrected chi connectivity index (χ0v) is 21.7. The predicted molar refractivity (Wildman–Crippen MR) is 144 cm³/mol. The second-order valence-electron chi connectivity index (χ2n) is 10.5. The van der Waals surface area contributed by atoms with Crippen molar-refractivity contribution in [1.82, 2.24) is 14.7 Å².